The monoisotopic (exact) mass is 329 g/mol. The Hall–Kier alpha value is -2.51. The standard InChI is InChI=1S/C17H19N3O4/c21-16(17-5-2-10-24-17)13-19-8-6-18(7-9-19)12-14-3-1-4-15(11-14)20(22)23/h1-5,10-11H,6-9,12-13H2. The van der Waals surface area contributed by atoms with Gasteiger partial charge in [-0.3, -0.25) is 24.7 Å². The van der Waals surface area contributed by atoms with Crippen LogP contribution in [0.3, 0.4) is 0 Å². The van der Waals surface area contributed by atoms with Gasteiger partial charge in [-0.25, -0.2) is 0 Å². The Morgan fingerprint density at radius 1 is 1.12 bits per heavy atom. The Morgan fingerprint density at radius 3 is 2.54 bits per heavy atom. The van der Waals surface area contributed by atoms with Crippen molar-refractivity contribution in [3.8, 4) is 0 Å². The topological polar surface area (TPSA) is 79.8 Å². The number of nitro benzene ring substituents is 1. The third kappa shape index (κ3) is 4.06. The third-order valence-corrected chi connectivity index (χ3v) is 4.16. The number of nitrogens with zero attached hydrogens (tertiary/aromatic N) is 3. The van der Waals surface area contributed by atoms with Gasteiger partial charge in [0, 0.05) is 44.9 Å². The number of piperazine rings is 1. The van der Waals surface area contributed by atoms with Crippen LogP contribution in [0.15, 0.2) is 47.1 Å². The number of nitro groups is 1. The molecule has 2 heterocycles. The summed E-state index contributed by atoms with van der Waals surface area (Å²) in [5.74, 6) is 0.390. The number of benzene rings is 1. The van der Waals surface area contributed by atoms with E-state index in [1.807, 2.05) is 6.07 Å². The van der Waals surface area contributed by atoms with E-state index in [2.05, 4.69) is 9.80 Å². The number of ketones is 1. The summed E-state index contributed by atoms with van der Waals surface area (Å²) in [6.45, 7) is 4.28. The molecule has 0 amide bonds. The van der Waals surface area contributed by atoms with Crippen molar-refractivity contribution in [2.45, 2.75) is 6.54 Å². The van der Waals surface area contributed by atoms with Crippen LogP contribution in [0.1, 0.15) is 16.1 Å². The van der Waals surface area contributed by atoms with Crippen LogP contribution in [0, 0.1) is 10.1 Å². The number of carbonyl (C=O) groups is 1. The molecule has 1 saturated heterocycles. The molecule has 0 spiro atoms. The van der Waals surface area contributed by atoms with E-state index in [1.165, 1.54) is 12.3 Å². The van der Waals surface area contributed by atoms with Crippen molar-refractivity contribution >= 4 is 11.5 Å². The maximum Gasteiger partial charge on any atom is 0.269 e. The second-order valence-corrected chi connectivity index (χ2v) is 5.88. The molecule has 1 aliphatic rings. The Labute approximate surface area is 139 Å². The summed E-state index contributed by atoms with van der Waals surface area (Å²) in [6.07, 6.45) is 1.50. The molecular weight excluding hydrogens is 310 g/mol. The first kappa shape index (κ1) is 16.4. The summed E-state index contributed by atoms with van der Waals surface area (Å²) in [5, 5.41) is 10.8. The number of furan rings is 1. The first-order valence-corrected chi connectivity index (χ1v) is 7.86. The van der Waals surface area contributed by atoms with Gasteiger partial charge in [0.1, 0.15) is 0 Å². The SMILES string of the molecule is O=C(CN1CCN(Cc2cccc([N+](=O)[O-])c2)CC1)c1ccco1. The molecule has 24 heavy (non-hydrogen) atoms. The highest BCUT2D eigenvalue weighted by Gasteiger charge is 2.21. The van der Waals surface area contributed by atoms with E-state index in [1.54, 1.807) is 24.3 Å². The maximum atomic E-state index is 12.0. The smallest absolute Gasteiger partial charge is 0.269 e. The van der Waals surface area contributed by atoms with E-state index in [0.29, 0.717) is 18.8 Å². The van der Waals surface area contributed by atoms with Crippen molar-refractivity contribution in [1.29, 1.82) is 0 Å². The number of non-ortho nitro benzene ring substituents is 1. The lowest BCUT2D eigenvalue weighted by Gasteiger charge is -2.34. The highest BCUT2D eigenvalue weighted by atomic mass is 16.6. The van der Waals surface area contributed by atoms with Crippen LogP contribution in [0.4, 0.5) is 5.69 Å². The predicted molar refractivity (Wildman–Crippen MR) is 87.9 cm³/mol. The Balaban J connectivity index is 1.49. The number of rotatable bonds is 6. The van der Waals surface area contributed by atoms with Crippen LogP contribution in [0.5, 0.6) is 0 Å². The first-order chi connectivity index (χ1) is 11.6. The Bertz CT molecular complexity index is 706. The van der Waals surface area contributed by atoms with Gasteiger partial charge in [-0.05, 0) is 17.7 Å². The van der Waals surface area contributed by atoms with E-state index in [-0.39, 0.29) is 16.4 Å². The van der Waals surface area contributed by atoms with Gasteiger partial charge in [-0.15, -0.1) is 0 Å². The maximum absolute atomic E-state index is 12.0. The average Bonchev–Trinajstić information content (AvgIpc) is 3.11. The Morgan fingerprint density at radius 2 is 1.88 bits per heavy atom. The van der Waals surface area contributed by atoms with Crippen molar-refractivity contribution in [3.63, 3.8) is 0 Å². The molecule has 2 aromatic rings. The second kappa shape index (κ2) is 7.37. The summed E-state index contributed by atoms with van der Waals surface area (Å²) < 4.78 is 5.13. The van der Waals surface area contributed by atoms with Gasteiger partial charge in [-0.1, -0.05) is 12.1 Å². The van der Waals surface area contributed by atoms with Crippen LogP contribution in [0.25, 0.3) is 0 Å². The van der Waals surface area contributed by atoms with Crippen molar-refractivity contribution < 1.29 is 14.1 Å². The molecule has 1 aromatic heterocycles. The largest absolute Gasteiger partial charge is 0.461 e. The van der Waals surface area contributed by atoms with Crippen LogP contribution in [-0.4, -0.2) is 53.2 Å². The van der Waals surface area contributed by atoms with Gasteiger partial charge in [0.15, 0.2) is 5.76 Å². The molecule has 0 bridgehead atoms. The predicted octanol–water partition coefficient (Wildman–Crippen LogP) is 2.19. The van der Waals surface area contributed by atoms with Crippen molar-refractivity contribution in [1.82, 2.24) is 9.80 Å². The number of hydrogen-bond donors (Lipinski definition) is 0. The fraction of sp³-hybridized carbons (Fsp3) is 0.353. The molecule has 7 nitrogen and oxygen atoms in total. The molecule has 0 atom stereocenters. The summed E-state index contributed by atoms with van der Waals surface area (Å²) >= 11 is 0. The molecule has 1 fully saturated rings. The first-order valence-electron chi connectivity index (χ1n) is 7.86. The quantitative estimate of drug-likeness (QED) is 0.459. The summed E-state index contributed by atoms with van der Waals surface area (Å²) in [4.78, 5) is 26.8. The average molecular weight is 329 g/mol. The number of Topliss-reactive ketones (excluding diaryl/α,β-unsaturated/α-hetero) is 1. The molecular formula is C17H19N3O4. The minimum atomic E-state index is -0.373. The molecule has 0 saturated carbocycles. The minimum absolute atomic E-state index is 0.00728. The van der Waals surface area contributed by atoms with Crippen LogP contribution < -0.4 is 0 Å². The molecule has 1 aromatic carbocycles. The number of carbonyl (C=O) groups excluding carboxylic acids is 1. The normalized spacial score (nSPS) is 16.2. The van der Waals surface area contributed by atoms with E-state index < -0.39 is 0 Å². The van der Waals surface area contributed by atoms with E-state index in [9.17, 15) is 14.9 Å². The van der Waals surface area contributed by atoms with Gasteiger partial charge in [0.25, 0.3) is 5.69 Å². The third-order valence-electron chi connectivity index (χ3n) is 4.16. The van der Waals surface area contributed by atoms with Gasteiger partial charge >= 0.3 is 0 Å². The zero-order chi connectivity index (χ0) is 16.9. The summed E-state index contributed by atoms with van der Waals surface area (Å²) in [7, 11) is 0. The molecule has 0 unspecified atom stereocenters. The highest BCUT2D eigenvalue weighted by molar-refractivity contribution is 5.94. The Kier molecular flexibility index (Phi) is 5.02. The molecule has 0 N–H and O–H groups in total. The van der Waals surface area contributed by atoms with Crippen molar-refractivity contribution in [3.05, 3.63) is 64.1 Å². The van der Waals surface area contributed by atoms with E-state index in [4.69, 9.17) is 4.42 Å². The van der Waals surface area contributed by atoms with E-state index >= 15 is 0 Å². The lowest BCUT2D eigenvalue weighted by Crippen LogP contribution is -2.47. The molecule has 126 valence electrons. The number of hydrogen-bond acceptors (Lipinski definition) is 6. The molecule has 1 aliphatic heterocycles. The molecule has 7 heteroatoms. The zero-order valence-corrected chi connectivity index (χ0v) is 13.3. The van der Waals surface area contributed by atoms with Gasteiger partial charge in [0.05, 0.1) is 17.7 Å². The van der Waals surface area contributed by atoms with Crippen LogP contribution in [0.2, 0.25) is 0 Å². The molecule has 3 rings (SSSR count). The zero-order valence-electron chi connectivity index (χ0n) is 13.3. The highest BCUT2D eigenvalue weighted by Crippen LogP contribution is 2.16. The van der Waals surface area contributed by atoms with Gasteiger partial charge < -0.3 is 4.42 Å². The fourth-order valence-corrected chi connectivity index (χ4v) is 2.85. The molecule has 0 radical (unpaired) electrons. The summed E-state index contributed by atoms with van der Waals surface area (Å²) in [6, 6.07) is 10.1. The lowest BCUT2D eigenvalue weighted by molar-refractivity contribution is -0.384. The van der Waals surface area contributed by atoms with Crippen LogP contribution >= 0.6 is 0 Å². The molecule has 0 aliphatic carbocycles. The second-order valence-electron chi connectivity index (χ2n) is 5.88. The lowest BCUT2D eigenvalue weighted by atomic mass is 10.1. The van der Waals surface area contributed by atoms with Gasteiger partial charge in [-0.2, -0.15) is 0 Å². The fourth-order valence-electron chi connectivity index (χ4n) is 2.85. The van der Waals surface area contributed by atoms with Gasteiger partial charge in [0.2, 0.25) is 5.78 Å². The van der Waals surface area contributed by atoms with Crippen molar-refractivity contribution in [2.24, 2.45) is 0 Å². The minimum Gasteiger partial charge on any atom is -0.461 e. The van der Waals surface area contributed by atoms with Crippen molar-refractivity contribution in [2.75, 3.05) is 32.7 Å². The summed E-state index contributed by atoms with van der Waals surface area (Å²) in [5.41, 5.74) is 1.06. The van der Waals surface area contributed by atoms with Crippen LogP contribution in [-0.2, 0) is 6.54 Å². The van der Waals surface area contributed by atoms with E-state index in [0.717, 1.165) is 31.7 Å².